The molecule has 0 fully saturated rings. The van der Waals surface area contributed by atoms with Gasteiger partial charge in [-0.3, -0.25) is 0 Å². The number of sulfonamides is 1. The third-order valence-electron chi connectivity index (χ3n) is 2.57. The van der Waals surface area contributed by atoms with E-state index >= 15 is 0 Å². The van der Waals surface area contributed by atoms with Crippen molar-refractivity contribution in [3.05, 3.63) is 43.5 Å². The fourth-order valence-corrected chi connectivity index (χ4v) is 4.62. The number of nitrogens with one attached hydrogen (secondary N) is 1. The van der Waals surface area contributed by atoms with Crippen molar-refractivity contribution < 1.29 is 8.42 Å². The summed E-state index contributed by atoms with van der Waals surface area (Å²) in [7, 11) is -3.51. The van der Waals surface area contributed by atoms with Crippen LogP contribution in [-0.4, -0.2) is 15.0 Å². The van der Waals surface area contributed by atoms with Crippen LogP contribution in [-0.2, 0) is 16.4 Å². The molecule has 0 radical (unpaired) electrons. The van der Waals surface area contributed by atoms with Crippen LogP contribution in [0.4, 0.5) is 5.69 Å². The van der Waals surface area contributed by atoms with Gasteiger partial charge in [-0.05, 0) is 68.6 Å². The van der Waals surface area contributed by atoms with Gasteiger partial charge in [-0.15, -0.1) is 11.3 Å². The minimum Gasteiger partial charge on any atom is -0.398 e. The quantitative estimate of drug-likeness (QED) is 0.701. The van der Waals surface area contributed by atoms with Gasteiger partial charge in [0.05, 0.1) is 8.68 Å². The Morgan fingerprint density at radius 3 is 2.55 bits per heavy atom. The summed E-state index contributed by atoms with van der Waals surface area (Å²) in [6.45, 7) is 0.358. The van der Waals surface area contributed by atoms with Crippen molar-refractivity contribution >= 4 is 58.9 Å². The summed E-state index contributed by atoms with van der Waals surface area (Å²) in [5, 5.41) is 0. The number of halogens is 2. The van der Waals surface area contributed by atoms with E-state index in [4.69, 9.17) is 5.73 Å². The lowest BCUT2D eigenvalue weighted by atomic mass is 10.3. The lowest BCUT2D eigenvalue weighted by Crippen LogP contribution is -2.25. The number of nitrogens with two attached hydrogens (primary N) is 1. The molecule has 0 spiro atoms. The molecule has 0 atom stereocenters. The zero-order valence-corrected chi connectivity index (χ0v) is 15.1. The molecule has 3 N–H and O–H groups in total. The van der Waals surface area contributed by atoms with E-state index < -0.39 is 10.0 Å². The number of thiophene rings is 1. The Bertz CT molecular complexity index is 714. The topological polar surface area (TPSA) is 72.2 Å². The van der Waals surface area contributed by atoms with Crippen LogP contribution in [0.25, 0.3) is 0 Å². The molecule has 108 valence electrons. The minimum absolute atomic E-state index is 0.200. The Balaban J connectivity index is 2.02. The summed E-state index contributed by atoms with van der Waals surface area (Å²) in [5.74, 6) is 0. The Hall–Kier alpha value is -0.410. The van der Waals surface area contributed by atoms with Crippen LogP contribution in [0.1, 0.15) is 4.88 Å². The van der Waals surface area contributed by atoms with Gasteiger partial charge in [0.1, 0.15) is 0 Å². The molecular formula is C12H12Br2N2O2S2. The van der Waals surface area contributed by atoms with E-state index in [1.54, 1.807) is 17.4 Å². The van der Waals surface area contributed by atoms with Crippen LogP contribution in [0, 0.1) is 0 Å². The molecule has 2 rings (SSSR count). The largest absolute Gasteiger partial charge is 0.398 e. The normalized spacial score (nSPS) is 11.7. The molecule has 0 aliphatic heterocycles. The van der Waals surface area contributed by atoms with Gasteiger partial charge in [-0.1, -0.05) is 0 Å². The molecule has 20 heavy (non-hydrogen) atoms. The maximum absolute atomic E-state index is 12.1. The molecule has 0 saturated heterocycles. The van der Waals surface area contributed by atoms with Crippen molar-refractivity contribution in [1.82, 2.24) is 4.72 Å². The molecule has 0 amide bonds. The highest BCUT2D eigenvalue weighted by Gasteiger charge is 2.14. The van der Waals surface area contributed by atoms with Gasteiger partial charge >= 0.3 is 0 Å². The summed E-state index contributed by atoms with van der Waals surface area (Å²) in [5.41, 5.74) is 6.15. The van der Waals surface area contributed by atoms with Gasteiger partial charge in [0.2, 0.25) is 10.0 Å². The van der Waals surface area contributed by atoms with Crippen LogP contribution in [0.5, 0.6) is 0 Å². The van der Waals surface area contributed by atoms with Crippen LogP contribution in [0.3, 0.4) is 0 Å². The Labute approximate surface area is 138 Å². The van der Waals surface area contributed by atoms with Gasteiger partial charge in [-0.25, -0.2) is 13.1 Å². The molecule has 1 aromatic carbocycles. The molecule has 0 bridgehead atoms. The fourth-order valence-electron chi connectivity index (χ4n) is 1.55. The molecular weight excluding hydrogens is 428 g/mol. The molecule has 0 aliphatic carbocycles. The zero-order valence-electron chi connectivity index (χ0n) is 10.3. The second-order valence-electron chi connectivity index (χ2n) is 4.04. The Kier molecular flexibility index (Phi) is 5.25. The predicted molar refractivity (Wildman–Crippen MR) is 89.5 cm³/mol. The van der Waals surface area contributed by atoms with Crippen molar-refractivity contribution in [1.29, 1.82) is 0 Å². The SMILES string of the molecule is Nc1ccc(S(=O)(=O)NCCc2ccc(Br)s2)cc1Br. The monoisotopic (exact) mass is 438 g/mol. The van der Waals surface area contributed by atoms with Crippen LogP contribution >= 0.6 is 43.2 Å². The van der Waals surface area contributed by atoms with Crippen molar-refractivity contribution in [2.75, 3.05) is 12.3 Å². The first kappa shape index (κ1) is 16.0. The van der Waals surface area contributed by atoms with Crippen molar-refractivity contribution in [3.63, 3.8) is 0 Å². The number of hydrogen-bond donors (Lipinski definition) is 2. The highest BCUT2D eigenvalue weighted by molar-refractivity contribution is 9.11. The molecule has 0 aliphatic rings. The standard InChI is InChI=1S/C12H12Br2N2O2S2/c13-10-7-9(2-3-11(10)15)20(17,18)16-6-5-8-1-4-12(14)19-8/h1-4,7,16H,5-6,15H2. The third-order valence-corrected chi connectivity index (χ3v) is 6.40. The molecule has 1 heterocycles. The first-order valence-corrected chi connectivity index (χ1v) is 9.56. The van der Waals surface area contributed by atoms with Crippen LogP contribution < -0.4 is 10.5 Å². The minimum atomic E-state index is -3.51. The number of anilines is 1. The van der Waals surface area contributed by atoms with E-state index in [1.165, 1.54) is 12.1 Å². The van der Waals surface area contributed by atoms with Crippen molar-refractivity contribution in [2.45, 2.75) is 11.3 Å². The van der Waals surface area contributed by atoms with Gasteiger partial charge in [-0.2, -0.15) is 0 Å². The molecule has 2 aromatic rings. The third kappa shape index (κ3) is 4.05. The predicted octanol–water partition coefficient (Wildman–Crippen LogP) is 3.38. The smallest absolute Gasteiger partial charge is 0.240 e. The summed E-state index contributed by atoms with van der Waals surface area (Å²) in [6.07, 6.45) is 0.658. The Morgan fingerprint density at radius 2 is 1.95 bits per heavy atom. The summed E-state index contributed by atoms with van der Waals surface area (Å²) in [4.78, 5) is 1.32. The number of hydrogen-bond acceptors (Lipinski definition) is 4. The molecule has 1 aromatic heterocycles. The first-order valence-electron chi connectivity index (χ1n) is 5.67. The van der Waals surface area contributed by atoms with Gasteiger partial charge in [0, 0.05) is 21.6 Å². The van der Waals surface area contributed by atoms with Gasteiger partial charge < -0.3 is 5.73 Å². The van der Waals surface area contributed by atoms with Crippen molar-refractivity contribution in [3.8, 4) is 0 Å². The van der Waals surface area contributed by atoms with E-state index in [2.05, 4.69) is 36.6 Å². The Morgan fingerprint density at radius 1 is 1.20 bits per heavy atom. The highest BCUT2D eigenvalue weighted by atomic mass is 79.9. The number of rotatable bonds is 5. The zero-order chi connectivity index (χ0) is 14.8. The van der Waals surface area contributed by atoms with Crippen LogP contribution in [0.15, 0.2) is 43.5 Å². The van der Waals surface area contributed by atoms with E-state index in [0.29, 0.717) is 23.1 Å². The number of benzene rings is 1. The molecule has 0 unspecified atom stereocenters. The van der Waals surface area contributed by atoms with Gasteiger partial charge in [0.25, 0.3) is 0 Å². The molecule has 0 saturated carbocycles. The molecule has 8 heteroatoms. The highest BCUT2D eigenvalue weighted by Crippen LogP contribution is 2.24. The maximum atomic E-state index is 12.1. The average molecular weight is 440 g/mol. The lowest BCUT2D eigenvalue weighted by molar-refractivity contribution is 0.582. The number of nitrogen functional groups attached to an aromatic ring is 1. The summed E-state index contributed by atoms with van der Waals surface area (Å²) in [6, 6.07) is 8.48. The first-order chi connectivity index (χ1) is 9.38. The van der Waals surface area contributed by atoms with E-state index in [9.17, 15) is 8.42 Å². The molecule has 4 nitrogen and oxygen atoms in total. The summed E-state index contributed by atoms with van der Waals surface area (Å²) >= 11 is 8.20. The van der Waals surface area contributed by atoms with E-state index in [0.717, 1.165) is 8.66 Å². The van der Waals surface area contributed by atoms with Crippen LogP contribution in [0.2, 0.25) is 0 Å². The van der Waals surface area contributed by atoms with E-state index in [-0.39, 0.29) is 4.90 Å². The summed E-state index contributed by atoms with van der Waals surface area (Å²) < 4.78 is 28.4. The maximum Gasteiger partial charge on any atom is 0.240 e. The van der Waals surface area contributed by atoms with Crippen molar-refractivity contribution in [2.24, 2.45) is 0 Å². The second kappa shape index (κ2) is 6.57. The van der Waals surface area contributed by atoms with E-state index in [1.807, 2.05) is 12.1 Å². The average Bonchev–Trinajstić information content (AvgIpc) is 2.78. The fraction of sp³-hybridized carbons (Fsp3) is 0.167. The van der Waals surface area contributed by atoms with Gasteiger partial charge in [0.15, 0.2) is 0 Å². The lowest BCUT2D eigenvalue weighted by Gasteiger charge is -2.07. The second-order valence-corrected chi connectivity index (χ2v) is 9.21.